The summed E-state index contributed by atoms with van der Waals surface area (Å²) in [6, 6.07) is 5.63. The number of fused-ring (bicyclic) bond motifs is 1. The number of alkyl halides is 6. The maximum atomic E-state index is 13.6. The first-order valence-corrected chi connectivity index (χ1v) is 8.69. The number of aromatic nitrogens is 1. The number of halogens is 6. The lowest BCUT2D eigenvalue weighted by atomic mass is 10.0. The van der Waals surface area contributed by atoms with Gasteiger partial charge in [0.1, 0.15) is 22.8 Å². The second-order valence-electron chi connectivity index (χ2n) is 6.42. The van der Waals surface area contributed by atoms with Crippen LogP contribution in [0.4, 0.5) is 26.3 Å². The molecule has 0 aliphatic carbocycles. The molecule has 0 radical (unpaired) electrons. The molecule has 0 saturated heterocycles. The maximum Gasteiger partial charge on any atom is 0.573 e. The van der Waals surface area contributed by atoms with Crippen LogP contribution < -0.4 is 14.9 Å². The molecule has 0 amide bonds. The van der Waals surface area contributed by atoms with Gasteiger partial charge in [0.25, 0.3) is 0 Å². The minimum Gasteiger partial charge on any atom is -0.457 e. The monoisotopic (exact) mass is 431 g/mol. The molecule has 0 aliphatic heterocycles. The molecule has 0 atom stereocenters. The van der Waals surface area contributed by atoms with Crippen molar-refractivity contribution >= 4 is 10.9 Å². The van der Waals surface area contributed by atoms with Gasteiger partial charge in [0.05, 0.1) is 5.52 Å². The second-order valence-corrected chi connectivity index (χ2v) is 6.42. The van der Waals surface area contributed by atoms with Gasteiger partial charge in [-0.2, -0.15) is 13.2 Å². The highest BCUT2D eigenvalue weighted by Gasteiger charge is 2.35. The smallest absolute Gasteiger partial charge is 0.457 e. The molecular formula is C20H15F6NO3. The SMILES string of the molecule is CCc1[nH]c2cc(C(F)(F)F)c(Oc3ccc(OC(F)(F)F)cc3)cc2c(=O)c1C. The van der Waals surface area contributed by atoms with Gasteiger partial charge in [-0.1, -0.05) is 6.92 Å². The Morgan fingerprint density at radius 2 is 1.57 bits per heavy atom. The van der Waals surface area contributed by atoms with E-state index in [9.17, 15) is 31.1 Å². The summed E-state index contributed by atoms with van der Waals surface area (Å²) in [6.45, 7) is 3.33. The van der Waals surface area contributed by atoms with Crippen molar-refractivity contribution in [1.29, 1.82) is 0 Å². The van der Waals surface area contributed by atoms with Crippen LogP contribution in [0.25, 0.3) is 10.9 Å². The normalized spacial score (nSPS) is 12.3. The molecule has 0 bridgehead atoms. The van der Waals surface area contributed by atoms with Crippen LogP contribution in [0.2, 0.25) is 0 Å². The van der Waals surface area contributed by atoms with Crippen molar-refractivity contribution in [3.05, 3.63) is 63.4 Å². The van der Waals surface area contributed by atoms with E-state index in [-0.39, 0.29) is 16.7 Å². The van der Waals surface area contributed by atoms with Crippen LogP contribution in [0.3, 0.4) is 0 Å². The zero-order chi connectivity index (χ0) is 22.3. The molecule has 2 aromatic carbocycles. The van der Waals surface area contributed by atoms with E-state index in [1.54, 1.807) is 13.8 Å². The Morgan fingerprint density at radius 1 is 0.967 bits per heavy atom. The molecule has 0 spiro atoms. The summed E-state index contributed by atoms with van der Waals surface area (Å²) in [5.74, 6) is -1.36. The topological polar surface area (TPSA) is 51.3 Å². The Kier molecular flexibility index (Phi) is 5.44. The Hall–Kier alpha value is -3.17. The van der Waals surface area contributed by atoms with Gasteiger partial charge in [-0.25, -0.2) is 0 Å². The number of hydrogen-bond acceptors (Lipinski definition) is 3. The van der Waals surface area contributed by atoms with Crippen LogP contribution in [0.15, 0.2) is 41.2 Å². The predicted molar refractivity (Wildman–Crippen MR) is 96.9 cm³/mol. The number of hydrogen-bond donors (Lipinski definition) is 1. The average molecular weight is 431 g/mol. The minimum atomic E-state index is -4.90. The third-order valence-corrected chi connectivity index (χ3v) is 4.39. The van der Waals surface area contributed by atoms with Crippen molar-refractivity contribution in [1.82, 2.24) is 4.98 Å². The fourth-order valence-corrected chi connectivity index (χ4v) is 2.96. The van der Waals surface area contributed by atoms with Gasteiger partial charge in [0, 0.05) is 16.6 Å². The summed E-state index contributed by atoms with van der Waals surface area (Å²) in [5.41, 5.74) is -0.657. The van der Waals surface area contributed by atoms with Crippen molar-refractivity contribution in [2.45, 2.75) is 32.8 Å². The molecule has 0 aliphatic rings. The largest absolute Gasteiger partial charge is 0.573 e. The number of H-pyrrole nitrogens is 1. The van der Waals surface area contributed by atoms with Gasteiger partial charge in [-0.05, 0) is 49.7 Å². The van der Waals surface area contributed by atoms with Crippen molar-refractivity contribution in [2.75, 3.05) is 0 Å². The zero-order valence-electron chi connectivity index (χ0n) is 15.7. The first-order chi connectivity index (χ1) is 13.9. The van der Waals surface area contributed by atoms with Gasteiger partial charge < -0.3 is 14.5 Å². The lowest BCUT2D eigenvalue weighted by Gasteiger charge is -2.16. The minimum absolute atomic E-state index is 0.00437. The van der Waals surface area contributed by atoms with Crippen LogP contribution in [0.5, 0.6) is 17.2 Å². The van der Waals surface area contributed by atoms with E-state index in [1.165, 1.54) is 0 Å². The third-order valence-electron chi connectivity index (χ3n) is 4.39. The molecule has 4 nitrogen and oxygen atoms in total. The summed E-state index contributed by atoms with van der Waals surface area (Å²) >= 11 is 0. The van der Waals surface area contributed by atoms with E-state index in [4.69, 9.17) is 4.74 Å². The summed E-state index contributed by atoms with van der Waals surface area (Å²) in [6.07, 6.45) is -9.26. The molecule has 3 aromatic rings. The number of ether oxygens (including phenoxy) is 2. The number of aryl methyl sites for hydroxylation is 1. The first-order valence-electron chi connectivity index (χ1n) is 8.69. The molecule has 1 aromatic heterocycles. The maximum absolute atomic E-state index is 13.6. The van der Waals surface area contributed by atoms with E-state index in [2.05, 4.69) is 9.72 Å². The molecule has 0 unspecified atom stereocenters. The number of nitrogens with one attached hydrogen (secondary N) is 1. The van der Waals surface area contributed by atoms with Gasteiger partial charge in [0.2, 0.25) is 0 Å². The molecule has 3 rings (SSSR count). The Balaban J connectivity index is 2.08. The lowest BCUT2D eigenvalue weighted by Crippen LogP contribution is -2.17. The van der Waals surface area contributed by atoms with Gasteiger partial charge in [-0.15, -0.1) is 13.2 Å². The number of aromatic amines is 1. The van der Waals surface area contributed by atoms with Crippen LogP contribution >= 0.6 is 0 Å². The van der Waals surface area contributed by atoms with Crippen LogP contribution in [0, 0.1) is 6.92 Å². The standard InChI is InChI=1S/C20H15F6NO3/c1-3-15-10(2)18(28)13-8-17(14(19(21,22)23)9-16(13)27-15)29-11-4-6-12(7-5-11)30-20(24,25)26/h4-9H,3H2,1-2H3,(H,27,28). The van der Waals surface area contributed by atoms with Crippen molar-refractivity contribution < 1.29 is 35.8 Å². The Morgan fingerprint density at radius 3 is 2.10 bits per heavy atom. The zero-order valence-corrected chi connectivity index (χ0v) is 15.7. The lowest BCUT2D eigenvalue weighted by molar-refractivity contribution is -0.274. The quantitative estimate of drug-likeness (QED) is 0.508. The van der Waals surface area contributed by atoms with Crippen molar-refractivity contribution in [3.8, 4) is 17.2 Å². The fraction of sp³-hybridized carbons (Fsp3) is 0.250. The van der Waals surface area contributed by atoms with Crippen molar-refractivity contribution in [3.63, 3.8) is 0 Å². The second kappa shape index (κ2) is 7.58. The number of pyridine rings is 1. The summed E-state index contributed by atoms with van der Waals surface area (Å²) < 4.78 is 86.4. The summed E-state index contributed by atoms with van der Waals surface area (Å²) in [4.78, 5) is 15.4. The highest BCUT2D eigenvalue weighted by Crippen LogP contribution is 2.40. The average Bonchev–Trinajstić information content (AvgIpc) is 2.64. The molecule has 10 heteroatoms. The van der Waals surface area contributed by atoms with E-state index >= 15 is 0 Å². The fourth-order valence-electron chi connectivity index (χ4n) is 2.96. The molecule has 30 heavy (non-hydrogen) atoms. The van der Waals surface area contributed by atoms with Crippen LogP contribution in [-0.4, -0.2) is 11.3 Å². The predicted octanol–water partition coefficient (Wildman–Crippen LogP) is 6.11. The molecular weight excluding hydrogens is 416 g/mol. The first kappa shape index (κ1) is 21.5. The van der Waals surface area contributed by atoms with Crippen LogP contribution in [0.1, 0.15) is 23.7 Å². The van der Waals surface area contributed by atoms with Gasteiger partial charge in [-0.3, -0.25) is 4.79 Å². The number of benzene rings is 2. The van der Waals surface area contributed by atoms with E-state index in [1.807, 2.05) is 0 Å². The van der Waals surface area contributed by atoms with Crippen LogP contribution in [-0.2, 0) is 12.6 Å². The molecule has 160 valence electrons. The van der Waals surface area contributed by atoms with E-state index < -0.39 is 35.0 Å². The number of rotatable bonds is 4. The summed E-state index contributed by atoms with van der Waals surface area (Å²) in [7, 11) is 0. The van der Waals surface area contributed by atoms with Gasteiger partial charge >= 0.3 is 12.5 Å². The summed E-state index contributed by atoms with van der Waals surface area (Å²) in [5, 5.41) is 0.00437. The molecule has 1 N–H and O–H groups in total. The Bertz CT molecular complexity index is 1130. The molecule has 0 fully saturated rings. The Labute approximate surface area is 166 Å². The van der Waals surface area contributed by atoms with Crippen molar-refractivity contribution in [2.24, 2.45) is 0 Å². The highest BCUT2D eigenvalue weighted by atomic mass is 19.4. The molecule has 0 saturated carbocycles. The van der Waals surface area contributed by atoms with E-state index in [0.29, 0.717) is 17.7 Å². The van der Waals surface area contributed by atoms with Gasteiger partial charge in [0.15, 0.2) is 5.43 Å². The van der Waals surface area contributed by atoms with E-state index in [0.717, 1.165) is 36.4 Å². The molecule has 1 heterocycles. The third kappa shape index (κ3) is 4.52. The highest BCUT2D eigenvalue weighted by molar-refractivity contribution is 5.82.